The summed E-state index contributed by atoms with van der Waals surface area (Å²) < 4.78 is 4.74. The van der Waals surface area contributed by atoms with Gasteiger partial charge in [-0.05, 0) is 72.7 Å². The Morgan fingerprint density at radius 1 is 0.853 bits per heavy atom. The number of para-hydroxylation sites is 2. The summed E-state index contributed by atoms with van der Waals surface area (Å²) in [7, 11) is 2.17. The molecule has 3 aromatic heterocycles. The Morgan fingerprint density at radius 2 is 1.59 bits per heavy atom. The third-order valence-electron chi connectivity index (χ3n) is 7.01. The SMILES string of the molecule is Cc1cc(C)c2c(n1)c1c(-c3ccc(CC(C)C)cc3)cccc1n1c3ccccc3[n+](C)c21. The molecule has 0 bridgehead atoms. The number of imidazole rings is 1. The fourth-order valence-corrected chi connectivity index (χ4v) is 5.65. The number of aromatic nitrogens is 3. The summed E-state index contributed by atoms with van der Waals surface area (Å²) >= 11 is 0. The molecule has 0 spiro atoms. The van der Waals surface area contributed by atoms with E-state index in [1.165, 1.54) is 55.2 Å². The van der Waals surface area contributed by atoms with E-state index in [1.807, 2.05) is 0 Å². The standard InChI is InChI=1S/C31H30N3/c1-19(2)17-22-13-15-23(16-14-22)24-9-8-12-27-29(24)30-28(20(3)18-21(4)32-30)31-33(5)25-10-6-7-11-26(25)34(27)31/h6-16,18-19H,17H2,1-5H3/q+1. The molecule has 0 fully saturated rings. The summed E-state index contributed by atoms with van der Waals surface area (Å²) in [5.41, 5.74) is 12.1. The minimum Gasteiger partial charge on any atom is -0.252 e. The van der Waals surface area contributed by atoms with Crippen LogP contribution in [0.15, 0.2) is 72.8 Å². The van der Waals surface area contributed by atoms with Gasteiger partial charge in [0.05, 0.1) is 23.3 Å². The van der Waals surface area contributed by atoms with Gasteiger partial charge >= 0.3 is 0 Å². The molecule has 0 aliphatic rings. The van der Waals surface area contributed by atoms with Crippen LogP contribution in [0.4, 0.5) is 0 Å². The monoisotopic (exact) mass is 444 g/mol. The van der Waals surface area contributed by atoms with Crippen molar-refractivity contribution < 1.29 is 4.57 Å². The maximum absolute atomic E-state index is 5.14. The van der Waals surface area contributed by atoms with E-state index in [2.05, 4.69) is 117 Å². The Balaban J connectivity index is 1.80. The normalized spacial score (nSPS) is 12.1. The van der Waals surface area contributed by atoms with Crippen molar-refractivity contribution in [1.82, 2.24) is 9.38 Å². The summed E-state index contributed by atoms with van der Waals surface area (Å²) in [5.74, 6) is 0.651. The molecule has 3 nitrogen and oxygen atoms in total. The second kappa shape index (κ2) is 7.66. The van der Waals surface area contributed by atoms with Gasteiger partial charge in [0.1, 0.15) is 5.52 Å². The number of aryl methyl sites for hydroxylation is 3. The van der Waals surface area contributed by atoms with E-state index in [4.69, 9.17) is 4.98 Å². The van der Waals surface area contributed by atoms with Crippen LogP contribution in [0, 0.1) is 19.8 Å². The van der Waals surface area contributed by atoms with Crippen molar-refractivity contribution in [1.29, 1.82) is 0 Å². The zero-order chi connectivity index (χ0) is 23.6. The highest BCUT2D eigenvalue weighted by Gasteiger charge is 2.26. The van der Waals surface area contributed by atoms with Crippen molar-refractivity contribution in [3.63, 3.8) is 0 Å². The Hall–Kier alpha value is -3.72. The van der Waals surface area contributed by atoms with Crippen LogP contribution in [-0.2, 0) is 13.5 Å². The fraction of sp³-hybridized carbons (Fsp3) is 0.226. The Labute approximate surface area is 200 Å². The smallest absolute Gasteiger partial charge is 0.252 e. The van der Waals surface area contributed by atoms with Gasteiger partial charge in [-0.3, -0.25) is 4.98 Å². The summed E-state index contributed by atoms with van der Waals surface area (Å²) in [6, 6.07) is 26.7. The maximum atomic E-state index is 5.14. The van der Waals surface area contributed by atoms with Crippen molar-refractivity contribution in [2.45, 2.75) is 34.1 Å². The number of nitrogens with zero attached hydrogens (tertiary/aromatic N) is 3. The molecule has 0 atom stereocenters. The Morgan fingerprint density at radius 3 is 2.35 bits per heavy atom. The largest absolute Gasteiger partial charge is 0.297 e. The van der Waals surface area contributed by atoms with E-state index in [0.29, 0.717) is 5.92 Å². The number of benzene rings is 3. The first-order valence-electron chi connectivity index (χ1n) is 12.1. The van der Waals surface area contributed by atoms with Crippen molar-refractivity contribution >= 4 is 38.5 Å². The molecule has 0 aliphatic carbocycles. The first-order chi connectivity index (χ1) is 16.4. The summed E-state index contributed by atoms with van der Waals surface area (Å²) in [6.45, 7) is 8.85. The highest BCUT2D eigenvalue weighted by atomic mass is 15.1. The molecule has 0 N–H and O–H groups in total. The fourth-order valence-electron chi connectivity index (χ4n) is 5.65. The van der Waals surface area contributed by atoms with Crippen LogP contribution in [0.3, 0.4) is 0 Å². The predicted molar refractivity (Wildman–Crippen MR) is 142 cm³/mol. The lowest BCUT2D eigenvalue weighted by Gasteiger charge is -2.12. The van der Waals surface area contributed by atoms with Gasteiger partial charge in [-0.2, -0.15) is 4.40 Å². The molecule has 0 aliphatic heterocycles. The highest BCUT2D eigenvalue weighted by molar-refractivity contribution is 6.16. The molecule has 3 aromatic carbocycles. The third kappa shape index (κ3) is 3.03. The summed E-state index contributed by atoms with van der Waals surface area (Å²) in [5, 5.41) is 2.44. The molecule has 0 amide bonds. The van der Waals surface area contributed by atoms with E-state index in [9.17, 15) is 0 Å². The molecule has 3 heteroatoms. The second-order valence-corrected chi connectivity index (χ2v) is 10.0. The van der Waals surface area contributed by atoms with Crippen molar-refractivity contribution in [2.24, 2.45) is 13.0 Å². The lowest BCUT2D eigenvalue weighted by Crippen LogP contribution is -2.27. The van der Waals surface area contributed by atoms with Gasteiger partial charge in [-0.15, -0.1) is 0 Å². The number of pyridine rings is 2. The average molecular weight is 445 g/mol. The van der Waals surface area contributed by atoms with Gasteiger partial charge < -0.3 is 0 Å². The quantitative estimate of drug-likeness (QED) is 0.211. The number of hydrogen-bond donors (Lipinski definition) is 0. The number of hydrogen-bond acceptors (Lipinski definition) is 1. The van der Waals surface area contributed by atoms with Gasteiger partial charge in [0.25, 0.3) is 5.65 Å². The summed E-state index contributed by atoms with van der Waals surface area (Å²) in [6.07, 6.45) is 1.10. The van der Waals surface area contributed by atoms with Crippen LogP contribution in [0.2, 0.25) is 0 Å². The van der Waals surface area contributed by atoms with Gasteiger partial charge in [-0.25, -0.2) is 4.57 Å². The molecule has 0 saturated carbocycles. The molecule has 6 aromatic rings. The number of fused-ring (bicyclic) bond motifs is 8. The molecule has 168 valence electrons. The van der Waals surface area contributed by atoms with Gasteiger partial charge in [0.15, 0.2) is 11.0 Å². The predicted octanol–water partition coefficient (Wildman–Crippen LogP) is 7.10. The Bertz CT molecular complexity index is 1720. The van der Waals surface area contributed by atoms with Gasteiger partial charge in [-0.1, -0.05) is 62.4 Å². The van der Waals surface area contributed by atoms with E-state index >= 15 is 0 Å². The minimum absolute atomic E-state index is 0.651. The molecule has 34 heavy (non-hydrogen) atoms. The maximum Gasteiger partial charge on any atom is 0.297 e. The van der Waals surface area contributed by atoms with Gasteiger partial charge in [0, 0.05) is 5.69 Å². The minimum atomic E-state index is 0.651. The molecular weight excluding hydrogens is 414 g/mol. The van der Waals surface area contributed by atoms with Crippen LogP contribution in [0.5, 0.6) is 0 Å². The average Bonchev–Trinajstić information content (AvgIpc) is 3.11. The molecule has 0 saturated heterocycles. The van der Waals surface area contributed by atoms with Crippen LogP contribution in [-0.4, -0.2) is 9.38 Å². The highest BCUT2D eigenvalue weighted by Crippen LogP contribution is 2.38. The zero-order valence-electron chi connectivity index (χ0n) is 20.6. The van der Waals surface area contributed by atoms with E-state index in [1.54, 1.807) is 0 Å². The topological polar surface area (TPSA) is 21.2 Å². The second-order valence-electron chi connectivity index (χ2n) is 10.0. The van der Waals surface area contributed by atoms with E-state index in [-0.39, 0.29) is 0 Å². The van der Waals surface area contributed by atoms with E-state index < -0.39 is 0 Å². The molecule has 0 radical (unpaired) electrons. The lowest BCUT2D eigenvalue weighted by atomic mass is 9.95. The summed E-state index contributed by atoms with van der Waals surface area (Å²) in [4.78, 5) is 5.14. The van der Waals surface area contributed by atoms with Crippen molar-refractivity contribution in [3.05, 3.63) is 89.6 Å². The first kappa shape index (κ1) is 20.9. The van der Waals surface area contributed by atoms with Crippen LogP contribution in [0.25, 0.3) is 49.6 Å². The van der Waals surface area contributed by atoms with Crippen LogP contribution < -0.4 is 4.57 Å². The molecule has 3 heterocycles. The van der Waals surface area contributed by atoms with Gasteiger partial charge in [0.2, 0.25) is 0 Å². The van der Waals surface area contributed by atoms with Crippen LogP contribution in [0.1, 0.15) is 30.7 Å². The lowest BCUT2D eigenvalue weighted by molar-refractivity contribution is -0.617. The third-order valence-corrected chi connectivity index (χ3v) is 7.01. The Kier molecular flexibility index (Phi) is 4.70. The van der Waals surface area contributed by atoms with Crippen molar-refractivity contribution in [2.75, 3.05) is 0 Å². The molecule has 0 unspecified atom stereocenters. The first-order valence-corrected chi connectivity index (χ1v) is 12.1. The van der Waals surface area contributed by atoms with E-state index in [0.717, 1.165) is 17.6 Å². The molecule has 6 rings (SSSR count). The van der Waals surface area contributed by atoms with Crippen molar-refractivity contribution in [3.8, 4) is 11.1 Å². The van der Waals surface area contributed by atoms with Crippen LogP contribution >= 0.6 is 0 Å². The zero-order valence-corrected chi connectivity index (χ0v) is 20.6. The number of rotatable bonds is 3. The molecular formula is C31H30N3+.